The quantitative estimate of drug-likeness (QED) is 0.333. The third kappa shape index (κ3) is 8.57. The van der Waals surface area contributed by atoms with Crippen molar-refractivity contribution in [1.29, 1.82) is 0 Å². The summed E-state index contributed by atoms with van der Waals surface area (Å²) in [5.41, 5.74) is 1.57. The van der Waals surface area contributed by atoms with Gasteiger partial charge in [-0.25, -0.2) is 0 Å². The van der Waals surface area contributed by atoms with Gasteiger partial charge >= 0.3 is 0 Å². The number of benzene rings is 1. The van der Waals surface area contributed by atoms with Gasteiger partial charge in [0.2, 0.25) is 23.6 Å². The van der Waals surface area contributed by atoms with E-state index >= 15 is 0 Å². The van der Waals surface area contributed by atoms with Gasteiger partial charge in [-0.1, -0.05) is 26.0 Å². The Balaban J connectivity index is 1.89. The maximum Gasteiger partial charge on any atom is 0.255 e. The van der Waals surface area contributed by atoms with Crippen LogP contribution in [-0.4, -0.2) is 76.1 Å². The molecule has 5 N–H and O–H groups in total. The molecule has 1 aromatic carbocycles. The van der Waals surface area contributed by atoms with Crippen LogP contribution in [0.5, 0.6) is 5.75 Å². The maximum absolute atomic E-state index is 13.4. The number of carbonyl (C=O) groups excluding carboxylic acids is 5. The van der Waals surface area contributed by atoms with Crippen molar-refractivity contribution in [2.45, 2.75) is 85.0 Å². The molecule has 0 aliphatic carbocycles. The SMILES string of the molecule is Cc1nn(C)c(C)c1CCNC(=O)[C@@H]1CC(=O)NC(C)(C)C(=O)N[C@H](C(C)C)C(=O)N[C@@H](C)COc2ccccc2C(=O)N1. The molecule has 0 spiro atoms. The zero-order valence-corrected chi connectivity index (χ0v) is 26.8. The van der Waals surface area contributed by atoms with E-state index in [0.717, 1.165) is 17.0 Å². The number of hydrogen-bond donors (Lipinski definition) is 5. The monoisotopic (exact) mass is 611 g/mol. The highest BCUT2D eigenvalue weighted by molar-refractivity contribution is 6.01. The molecular weight excluding hydrogens is 566 g/mol. The van der Waals surface area contributed by atoms with E-state index in [-0.39, 0.29) is 30.4 Å². The fraction of sp³-hybridized carbons (Fsp3) is 0.548. The first-order valence-corrected chi connectivity index (χ1v) is 14.8. The van der Waals surface area contributed by atoms with E-state index in [2.05, 4.69) is 31.7 Å². The smallest absolute Gasteiger partial charge is 0.255 e. The molecule has 13 nitrogen and oxygen atoms in total. The van der Waals surface area contributed by atoms with E-state index in [4.69, 9.17) is 4.74 Å². The molecule has 5 amide bonds. The molecule has 13 heteroatoms. The zero-order chi connectivity index (χ0) is 32.8. The molecule has 3 rings (SSSR count). The Kier molecular flexibility index (Phi) is 11.1. The Morgan fingerprint density at radius 2 is 1.80 bits per heavy atom. The molecule has 0 fully saturated rings. The third-order valence-corrected chi connectivity index (χ3v) is 7.61. The average molecular weight is 612 g/mol. The van der Waals surface area contributed by atoms with E-state index in [9.17, 15) is 24.0 Å². The van der Waals surface area contributed by atoms with E-state index in [1.807, 2.05) is 20.9 Å². The average Bonchev–Trinajstić information content (AvgIpc) is 3.18. The molecule has 1 aromatic heterocycles. The van der Waals surface area contributed by atoms with Crippen LogP contribution in [0.2, 0.25) is 0 Å². The highest BCUT2D eigenvalue weighted by Crippen LogP contribution is 2.19. The predicted molar refractivity (Wildman–Crippen MR) is 164 cm³/mol. The second-order valence-corrected chi connectivity index (χ2v) is 12.1. The van der Waals surface area contributed by atoms with Crippen LogP contribution in [0, 0.1) is 19.8 Å². The Bertz CT molecular complexity index is 1400. The van der Waals surface area contributed by atoms with E-state index < -0.39 is 59.6 Å². The number of nitrogens with zero attached hydrogens (tertiary/aromatic N) is 2. The number of aromatic nitrogens is 2. The minimum Gasteiger partial charge on any atom is -0.491 e. The first-order valence-electron chi connectivity index (χ1n) is 14.8. The van der Waals surface area contributed by atoms with Gasteiger partial charge in [0.25, 0.3) is 5.91 Å². The summed E-state index contributed by atoms with van der Waals surface area (Å²) >= 11 is 0. The van der Waals surface area contributed by atoms with Gasteiger partial charge in [-0.3, -0.25) is 28.7 Å². The largest absolute Gasteiger partial charge is 0.491 e. The predicted octanol–water partition coefficient (Wildman–Crippen LogP) is 0.817. The topological polar surface area (TPSA) is 173 Å². The van der Waals surface area contributed by atoms with Crippen LogP contribution in [0.4, 0.5) is 0 Å². The Hall–Kier alpha value is -4.42. The molecule has 0 saturated heterocycles. The van der Waals surface area contributed by atoms with Gasteiger partial charge in [0, 0.05) is 19.3 Å². The number of hydrogen-bond acceptors (Lipinski definition) is 7. The second-order valence-electron chi connectivity index (χ2n) is 12.1. The van der Waals surface area contributed by atoms with Crippen LogP contribution in [0.3, 0.4) is 0 Å². The van der Waals surface area contributed by atoms with E-state index in [1.54, 1.807) is 49.7 Å². The van der Waals surface area contributed by atoms with Gasteiger partial charge in [0.1, 0.15) is 30.0 Å². The van der Waals surface area contributed by atoms with Gasteiger partial charge in [0.15, 0.2) is 0 Å². The Morgan fingerprint density at radius 1 is 1.11 bits per heavy atom. The Morgan fingerprint density at radius 3 is 2.43 bits per heavy atom. The summed E-state index contributed by atoms with van der Waals surface area (Å²) in [5.74, 6) is -2.81. The molecule has 0 bridgehead atoms. The summed E-state index contributed by atoms with van der Waals surface area (Å²) in [6.07, 6.45) is 0.0727. The first-order chi connectivity index (χ1) is 20.6. The number of amides is 5. The van der Waals surface area contributed by atoms with Crippen molar-refractivity contribution in [2.75, 3.05) is 13.2 Å². The fourth-order valence-corrected chi connectivity index (χ4v) is 4.93. The summed E-state index contributed by atoms with van der Waals surface area (Å²) in [6, 6.07) is 3.91. The van der Waals surface area contributed by atoms with E-state index in [0.29, 0.717) is 6.42 Å². The molecule has 240 valence electrons. The molecule has 0 saturated carbocycles. The van der Waals surface area contributed by atoms with Crippen LogP contribution in [0.25, 0.3) is 0 Å². The van der Waals surface area contributed by atoms with Crippen molar-refractivity contribution < 1.29 is 28.7 Å². The molecule has 1 aliphatic heterocycles. The molecule has 3 atom stereocenters. The van der Waals surface area contributed by atoms with E-state index in [1.165, 1.54) is 13.8 Å². The lowest BCUT2D eigenvalue weighted by Crippen LogP contribution is -2.61. The highest BCUT2D eigenvalue weighted by Gasteiger charge is 2.36. The van der Waals surface area contributed by atoms with Crippen molar-refractivity contribution >= 4 is 29.5 Å². The van der Waals surface area contributed by atoms with Crippen molar-refractivity contribution in [3.63, 3.8) is 0 Å². The summed E-state index contributed by atoms with van der Waals surface area (Å²) in [4.78, 5) is 66.4. The number of nitrogens with one attached hydrogen (secondary N) is 5. The van der Waals surface area contributed by atoms with Gasteiger partial charge in [0.05, 0.1) is 23.7 Å². The number of ether oxygens (including phenoxy) is 1. The zero-order valence-electron chi connectivity index (χ0n) is 26.8. The van der Waals surface area contributed by atoms with Gasteiger partial charge in [-0.05, 0) is 64.7 Å². The number of aryl methyl sites for hydroxylation is 2. The molecule has 2 aromatic rings. The maximum atomic E-state index is 13.4. The van der Waals surface area contributed by atoms with Crippen LogP contribution in [-0.2, 0) is 32.6 Å². The molecule has 0 radical (unpaired) electrons. The lowest BCUT2D eigenvalue weighted by molar-refractivity contribution is -0.136. The molecule has 44 heavy (non-hydrogen) atoms. The second kappa shape index (κ2) is 14.4. The minimum atomic E-state index is -1.43. The number of para-hydroxylation sites is 1. The molecule has 0 unspecified atom stereocenters. The fourth-order valence-electron chi connectivity index (χ4n) is 4.93. The van der Waals surface area contributed by atoms with Crippen molar-refractivity contribution in [1.82, 2.24) is 36.4 Å². The van der Waals surface area contributed by atoms with Gasteiger partial charge in [-0.15, -0.1) is 0 Å². The van der Waals surface area contributed by atoms with Gasteiger partial charge in [-0.2, -0.15) is 5.10 Å². The first kappa shape index (κ1) is 34.1. The standard InChI is InChI=1S/C31H45N7O6/c1-17(2)26-29(42)33-18(3)16-44-24-12-10-9-11-22(24)27(40)34-23(15-25(39)36-31(6,7)30(43)35-26)28(41)32-14-13-21-19(4)37-38(8)20(21)5/h9-12,17-18,23,26H,13-16H2,1-8H3,(H,32,41)(H,33,42)(H,34,40)(H,35,43)(H,36,39)/t18-,23-,26+/m0/s1. The van der Waals surface area contributed by atoms with Crippen molar-refractivity contribution in [2.24, 2.45) is 13.0 Å². The molecule has 1 aliphatic rings. The molecule has 2 heterocycles. The number of carbonyl (C=O) groups is 5. The van der Waals surface area contributed by atoms with Crippen molar-refractivity contribution in [3.05, 3.63) is 46.8 Å². The summed E-state index contributed by atoms with van der Waals surface area (Å²) < 4.78 is 7.67. The lowest BCUT2D eigenvalue weighted by Gasteiger charge is -2.30. The highest BCUT2D eigenvalue weighted by atomic mass is 16.5. The lowest BCUT2D eigenvalue weighted by atomic mass is 9.98. The number of fused-ring (bicyclic) bond motifs is 1. The van der Waals surface area contributed by atoms with Gasteiger partial charge < -0.3 is 31.3 Å². The van der Waals surface area contributed by atoms with Crippen molar-refractivity contribution in [3.8, 4) is 5.75 Å². The Labute approximate surface area is 258 Å². The van der Waals surface area contributed by atoms with Crippen LogP contribution >= 0.6 is 0 Å². The molecular formula is C31H45N7O6. The number of rotatable bonds is 5. The third-order valence-electron chi connectivity index (χ3n) is 7.61. The normalized spacial score (nSPS) is 21.6. The van der Waals surface area contributed by atoms with Crippen LogP contribution in [0.1, 0.15) is 68.3 Å². The summed E-state index contributed by atoms with van der Waals surface area (Å²) in [5, 5.41) is 18.1. The summed E-state index contributed by atoms with van der Waals surface area (Å²) in [6.45, 7) is 12.5. The van der Waals surface area contributed by atoms with Crippen LogP contribution < -0.4 is 31.3 Å². The minimum absolute atomic E-state index is 0.0391. The summed E-state index contributed by atoms with van der Waals surface area (Å²) in [7, 11) is 1.85. The van der Waals surface area contributed by atoms with Crippen LogP contribution in [0.15, 0.2) is 24.3 Å².